The van der Waals surface area contributed by atoms with Gasteiger partial charge in [-0.25, -0.2) is 0 Å². The smallest absolute Gasteiger partial charge is 0.254 e. The average Bonchev–Trinajstić information content (AvgIpc) is 2.82. The van der Waals surface area contributed by atoms with Crippen LogP contribution in [0.3, 0.4) is 0 Å². The second-order valence-corrected chi connectivity index (χ2v) is 7.08. The molecule has 0 N–H and O–H groups in total. The number of halogens is 2. The van der Waals surface area contributed by atoms with Crippen molar-refractivity contribution in [1.29, 1.82) is 0 Å². The van der Waals surface area contributed by atoms with Gasteiger partial charge in [0.15, 0.2) is 0 Å². The lowest BCUT2D eigenvalue weighted by atomic mass is 9.63. The predicted octanol–water partition coefficient (Wildman–Crippen LogP) is 3.52. The van der Waals surface area contributed by atoms with Gasteiger partial charge in [0.1, 0.15) is 0 Å². The third-order valence-electron chi connectivity index (χ3n) is 5.01. The van der Waals surface area contributed by atoms with E-state index in [1.54, 1.807) is 18.2 Å². The Labute approximate surface area is 143 Å². The molecule has 0 aromatic heterocycles. The summed E-state index contributed by atoms with van der Waals surface area (Å²) in [7, 11) is 0. The first kappa shape index (κ1) is 14.9. The van der Waals surface area contributed by atoms with Gasteiger partial charge >= 0.3 is 0 Å². The van der Waals surface area contributed by atoms with Crippen molar-refractivity contribution in [1.82, 2.24) is 5.01 Å². The SMILES string of the molecule is O=C1[C@@H]2[C@@H](C(=O)N1/N=C\c1ccc(Cl)cc1Cl)[C@@H]1C=C[C@@H]2CC1. The molecule has 6 heteroatoms. The van der Waals surface area contributed by atoms with Crippen molar-refractivity contribution in [2.45, 2.75) is 12.8 Å². The van der Waals surface area contributed by atoms with E-state index in [1.807, 2.05) is 0 Å². The third-order valence-corrected chi connectivity index (χ3v) is 5.57. The van der Waals surface area contributed by atoms with Crippen LogP contribution < -0.4 is 0 Å². The number of imide groups is 1. The minimum Gasteiger partial charge on any atom is -0.272 e. The van der Waals surface area contributed by atoms with E-state index in [9.17, 15) is 9.59 Å². The standard InChI is InChI=1S/C17H14Cl2N2O2/c18-12-6-5-11(13(19)7-12)8-20-21-16(22)14-9-1-2-10(4-3-9)15(14)17(21)23/h1-2,5-10,14-15H,3-4H2/b20-8-/t9-,10-,14+,15+/m1/s1. The molecule has 0 unspecified atom stereocenters. The highest BCUT2D eigenvalue weighted by atomic mass is 35.5. The highest BCUT2D eigenvalue weighted by molar-refractivity contribution is 6.36. The maximum Gasteiger partial charge on any atom is 0.254 e. The fourth-order valence-electron chi connectivity index (χ4n) is 3.90. The molecular weight excluding hydrogens is 335 g/mol. The van der Waals surface area contributed by atoms with E-state index in [-0.39, 0.29) is 35.5 Å². The monoisotopic (exact) mass is 348 g/mol. The van der Waals surface area contributed by atoms with Crippen molar-refractivity contribution in [3.8, 4) is 0 Å². The van der Waals surface area contributed by atoms with Crippen LogP contribution in [0.1, 0.15) is 18.4 Å². The van der Waals surface area contributed by atoms with Crippen molar-refractivity contribution in [2.24, 2.45) is 28.8 Å². The average molecular weight is 349 g/mol. The Morgan fingerprint density at radius 3 is 2.17 bits per heavy atom. The largest absolute Gasteiger partial charge is 0.272 e. The van der Waals surface area contributed by atoms with E-state index in [0.29, 0.717) is 15.6 Å². The van der Waals surface area contributed by atoms with E-state index in [4.69, 9.17) is 23.2 Å². The first-order valence-corrected chi connectivity index (χ1v) is 8.37. The van der Waals surface area contributed by atoms with Crippen molar-refractivity contribution in [3.05, 3.63) is 46.0 Å². The number of hydrogen-bond donors (Lipinski definition) is 0. The predicted molar refractivity (Wildman–Crippen MR) is 88.2 cm³/mol. The van der Waals surface area contributed by atoms with Crippen LogP contribution in [0.25, 0.3) is 0 Å². The quantitative estimate of drug-likeness (QED) is 0.466. The molecule has 2 fully saturated rings. The molecule has 118 valence electrons. The first-order valence-electron chi connectivity index (χ1n) is 7.61. The summed E-state index contributed by atoms with van der Waals surface area (Å²) < 4.78 is 0. The summed E-state index contributed by atoms with van der Waals surface area (Å²) in [6, 6.07) is 4.99. The maximum absolute atomic E-state index is 12.6. The zero-order valence-electron chi connectivity index (χ0n) is 12.2. The molecule has 4 aliphatic rings. The number of hydrogen-bond acceptors (Lipinski definition) is 3. The normalized spacial score (nSPS) is 32.2. The van der Waals surface area contributed by atoms with Gasteiger partial charge in [0.25, 0.3) is 11.8 Å². The van der Waals surface area contributed by atoms with Gasteiger partial charge in [-0.1, -0.05) is 41.4 Å². The molecule has 1 heterocycles. The Morgan fingerprint density at radius 2 is 1.65 bits per heavy atom. The first-order chi connectivity index (χ1) is 11.1. The van der Waals surface area contributed by atoms with Gasteiger partial charge in [-0.05, 0) is 36.8 Å². The van der Waals surface area contributed by atoms with Crippen LogP contribution in [0.2, 0.25) is 10.0 Å². The van der Waals surface area contributed by atoms with Gasteiger partial charge in [0, 0.05) is 10.6 Å². The summed E-state index contributed by atoms with van der Waals surface area (Å²) in [5.41, 5.74) is 0.618. The Hall–Kier alpha value is -1.65. The van der Waals surface area contributed by atoms with Crippen molar-refractivity contribution in [2.75, 3.05) is 0 Å². The van der Waals surface area contributed by atoms with E-state index in [2.05, 4.69) is 17.3 Å². The molecule has 2 amide bonds. The molecule has 1 aromatic rings. The molecule has 1 saturated carbocycles. The summed E-state index contributed by atoms with van der Waals surface area (Å²) in [4.78, 5) is 25.2. The van der Waals surface area contributed by atoms with Gasteiger partial charge < -0.3 is 0 Å². The molecule has 23 heavy (non-hydrogen) atoms. The summed E-state index contributed by atoms with van der Waals surface area (Å²) in [5, 5.41) is 6.10. The second-order valence-electron chi connectivity index (χ2n) is 6.24. The van der Waals surface area contributed by atoms with Crippen LogP contribution in [0, 0.1) is 23.7 Å². The minimum absolute atomic E-state index is 0.167. The number of rotatable bonds is 2. The Balaban J connectivity index is 1.62. The molecule has 1 aliphatic heterocycles. The van der Waals surface area contributed by atoms with Crippen LogP contribution in [-0.2, 0) is 9.59 Å². The molecular formula is C17H14Cl2N2O2. The number of allylic oxidation sites excluding steroid dienone is 2. The highest BCUT2D eigenvalue weighted by Gasteiger charge is 2.56. The van der Waals surface area contributed by atoms with Crippen molar-refractivity contribution in [3.63, 3.8) is 0 Å². The Bertz CT molecular complexity index is 727. The van der Waals surface area contributed by atoms with Crippen LogP contribution in [0.5, 0.6) is 0 Å². The number of amides is 2. The molecule has 4 atom stereocenters. The van der Waals surface area contributed by atoms with Gasteiger partial charge in [0.05, 0.1) is 23.1 Å². The Kier molecular flexibility index (Phi) is 3.54. The lowest BCUT2D eigenvalue weighted by Crippen LogP contribution is -2.38. The van der Waals surface area contributed by atoms with E-state index in [0.717, 1.165) is 17.9 Å². The Morgan fingerprint density at radius 1 is 1.04 bits per heavy atom. The second kappa shape index (κ2) is 5.46. The zero-order chi connectivity index (χ0) is 16.1. The van der Waals surface area contributed by atoms with E-state index in [1.165, 1.54) is 6.21 Å². The van der Waals surface area contributed by atoms with Gasteiger partial charge in [-0.3, -0.25) is 9.59 Å². The van der Waals surface area contributed by atoms with E-state index >= 15 is 0 Å². The number of hydrazone groups is 1. The molecule has 0 spiro atoms. The van der Waals surface area contributed by atoms with Crippen molar-refractivity contribution < 1.29 is 9.59 Å². The number of benzene rings is 1. The van der Waals surface area contributed by atoms with E-state index < -0.39 is 0 Å². The topological polar surface area (TPSA) is 49.7 Å². The highest BCUT2D eigenvalue weighted by Crippen LogP contribution is 2.49. The van der Waals surface area contributed by atoms with Gasteiger partial charge in [0.2, 0.25) is 0 Å². The van der Waals surface area contributed by atoms with Gasteiger partial charge in [-0.15, -0.1) is 0 Å². The summed E-state index contributed by atoms with van der Waals surface area (Å²) >= 11 is 11.9. The molecule has 5 rings (SSSR count). The molecule has 1 saturated heterocycles. The molecule has 0 radical (unpaired) electrons. The fraction of sp³-hybridized carbons (Fsp3) is 0.353. The molecule has 1 aromatic carbocycles. The minimum atomic E-state index is -0.246. The van der Waals surface area contributed by atoms with Crippen molar-refractivity contribution >= 4 is 41.2 Å². The lowest BCUT2D eigenvalue weighted by Gasteiger charge is -2.37. The summed E-state index contributed by atoms with van der Waals surface area (Å²) in [6.45, 7) is 0. The third kappa shape index (κ3) is 2.32. The summed E-state index contributed by atoms with van der Waals surface area (Å²) in [5.74, 6) is -0.546. The number of fused-ring (bicyclic) bond motifs is 1. The number of carbonyl (C=O) groups is 2. The van der Waals surface area contributed by atoms with Crippen LogP contribution in [0.15, 0.2) is 35.5 Å². The van der Waals surface area contributed by atoms with Crippen LogP contribution >= 0.6 is 23.2 Å². The molecule has 4 nitrogen and oxygen atoms in total. The van der Waals surface area contributed by atoms with Crippen LogP contribution in [-0.4, -0.2) is 23.0 Å². The zero-order valence-corrected chi connectivity index (χ0v) is 13.7. The number of nitrogens with zero attached hydrogens (tertiary/aromatic N) is 2. The lowest BCUT2D eigenvalue weighted by molar-refractivity contribution is -0.140. The fourth-order valence-corrected chi connectivity index (χ4v) is 4.36. The van der Waals surface area contributed by atoms with Gasteiger partial charge in [-0.2, -0.15) is 10.1 Å². The summed E-state index contributed by atoms with van der Waals surface area (Å²) in [6.07, 6.45) is 7.57. The number of carbonyl (C=O) groups excluding carboxylic acids is 2. The molecule has 3 aliphatic carbocycles. The molecule has 2 bridgehead atoms. The maximum atomic E-state index is 12.6. The van der Waals surface area contributed by atoms with Crippen LogP contribution in [0.4, 0.5) is 0 Å².